The summed E-state index contributed by atoms with van der Waals surface area (Å²) in [6, 6.07) is 0.256. The number of hydrogen-bond acceptors (Lipinski definition) is 5. The molecule has 0 aliphatic carbocycles. The highest BCUT2D eigenvalue weighted by Gasteiger charge is 2.25. The van der Waals surface area contributed by atoms with Crippen molar-refractivity contribution < 1.29 is 4.74 Å². The van der Waals surface area contributed by atoms with Crippen LogP contribution in [-0.4, -0.2) is 33.0 Å². The molecule has 1 fully saturated rings. The molecule has 2 N–H and O–H groups in total. The second kappa shape index (κ2) is 3.96. The van der Waals surface area contributed by atoms with Crippen LogP contribution in [0.1, 0.15) is 19.4 Å². The van der Waals surface area contributed by atoms with Crippen molar-refractivity contribution in [3.63, 3.8) is 0 Å². The van der Waals surface area contributed by atoms with E-state index in [1.165, 1.54) is 0 Å². The number of ether oxygens (including phenoxy) is 1. The summed E-state index contributed by atoms with van der Waals surface area (Å²) in [5.41, 5.74) is 7.20. The van der Waals surface area contributed by atoms with Crippen molar-refractivity contribution >= 4 is 17.0 Å². The van der Waals surface area contributed by atoms with Crippen molar-refractivity contribution in [1.29, 1.82) is 0 Å². The zero-order chi connectivity index (χ0) is 11.8. The van der Waals surface area contributed by atoms with Gasteiger partial charge in [-0.05, 0) is 13.3 Å². The number of rotatable bonds is 2. The Balaban J connectivity index is 2.01. The van der Waals surface area contributed by atoms with Gasteiger partial charge in [-0.1, -0.05) is 0 Å². The minimum absolute atomic E-state index is 0.256. The number of aromatic nitrogens is 4. The van der Waals surface area contributed by atoms with Gasteiger partial charge in [0.1, 0.15) is 11.3 Å². The van der Waals surface area contributed by atoms with Gasteiger partial charge in [-0.25, -0.2) is 14.6 Å². The first kappa shape index (κ1) is 10.5. The third-order valence-electron chi connectivity index (χ3n) is 3.35. The molecule has 90 valence electrons. The quantitative estimate of drug-likeness (QED) is 0.837. The Morgan fingerprint density at radius 1 is 1.53 bits per heavy atom. The summed E-state index contributed by atoms with van der Waals surface area (Å²) < 4.78 is 7.31. The molecule has 0 radical (unpaired) electrons. The number of nitrogen functional groups attached to an aromatic ring is 1. The Labute approximate surface area is 98.8 Å². The van der Waals surface area contributed by atoms with E-state index in [1.54, 1.807) is 12.4 Å². The molecule has 3 heterocycles. The summed E-state index contributed by atoms with van der Waals surface area (Å²) in [4.78, 5) is 8.51. The molecular formula is C11H15N5O. The Morgan fingerprint density at radius 3 is 3.18 bits per heavy atom. The van der Waals surface area contributed by atoms with Crippen LogP contribution in [0.2, 0.25) is 0 Å². The molecule has 1 saturated heterocycles. The van der Waals surface area contributed by atoms with Crippen LogP contribution in [0.4, 0.5) is 5.82 Å². The zero-order valence-electron chi connectivity index (χ0n) is 9.71. The lowest BCUT2D eigenvalue weighted by atomic mass is 10.0. The molecule has 0 spiro atoms. The van der Waals surface area contributed by atoms with Crippen LogP contribution in [0, 0.1) is 5.92 Å². The molecule has 0 saturated carbocycles. The van der Waals surface area contributed by atoms with Crippen LogP contribution >= 0.6 is 0 Å². The summed E-state index contributed by atoms with van der Waals surface area (Å²) in [6.45, 7) is 3.76. The van der Waals surface area contributed by atoms with Crippen molar-refractivity contribution in [2.24, 2.45) is 5.92 Å². The molecule has 6 heteroatoms. The SMILES string of the molecule is C[C@H]([C@@H]1CCOC1)n1ncc2ncc(N)nc21. The first-order chi connectivity index (χ1) is 8.25. The highest BCUT2D eigenvalue weighted by atomic mass is 16.5. The van der Waals surface area contributed by atoms with Gasteiger partial charge in [0, 0.05) is 12.5 Å². The lowest BCUT2D eigenvalue weighted by molar-refractivity contribution is 0.173. The summed E-state index contributed by atoms with van der Waals surface area (Å²) in [6.07, 6.45) is 4.35. The molecule has 0 amide bonds. The van der Waals surface area contributed by atoms with E-state index in [-0.39, 0.29) is 6.04 Å². The second-order valence-corrected chi connectivity index (χ2v) is 4.46. The van der Waals surface area contributed by atoms with Gasteiger partial charge in [-0.2, -0.15) is 5.10 Å². The van der Waals surface area contributed by atoms with E-state index in [2.05, 4.69) is 22.0 Å². The summed E-state index contributed by atoms with van der Waals surface area (Å²) in [7, 11) is 0. The molecular weight excluding hydrogens is 218 g/mol. The third-order valence-corrected chi connectivity index (χ3v) is 3.35. The van der Waals surface area contributed by atoms with Crippen LogP contribution in [0.25, 0.3) is 11.2 Å². The van der Waals surface area contributed by atoms with Crippen molar-refractivity contribution in [2.45, 2.75) is 19.4 Å². The summed E-state index contributed by atoms with van der Waals surface area (Å²) >= 11 is 0. The topological polar surface area (TPSA) is 78.8 Å². The number of nitrogens with zero attached hydrogens (tertiary/aromatic N) is 4. The fourth-order valence-corrected chi connectivity index (χ4v) is 2.26. The largest absolute Gasteiger partial charge is 0.382 e. The van der Waals surface area contributed by atoms with Gasteiger partial charge in [-0.15, -0.1) is 0 Å². The van der Waals surface area contributed by atoms with E-state index in [4.69, 9.17) is 10.5 Å². The lowest BCUT2D eigenvalue weighted by Crippen LogP contribution is -2.18. The lowest BCUT2D eigenvalue weighted by Gasteiger charge is -2.18. The normalized spacial score (nSPS) is 22.1. The van der Waals surface area contributed by atoms with Gasteiger partial charge in [0.2, 0.25) is 0 Å². The van der Waals surface area contributed by atoms with Gasteiger partial charge in [0.25, 0.3) is 0 Å². The van der Waals surface area contributed by atoms with Crippen LogP contribution in [0.3, 0.4) is 0 Å². The van der Waals surface area contributed by atoms with Gasteiger partial charge in [-0.3, -0.25) is 0 Å². The molecule has 2 atom stereocenters. The molecule has 17 heavy (non-hydrogen) atoms. The van der Waals surface area contributed by atoms with Gasteiger partial charge in [0.15, 0.2) is 5.65 Å². The highest BCUT2D eigenvalue weighted by Crippen LogP contribution is 2.27. The summed E-state index contributed by atoms with van der Waals surface area (Å²) in [5.74, 6) is 0.912. The third kappa shape index (κ3) is 1.74. The van der Waals surface area contributed by atoms with Gasteiger partial charge >= 0.3 is 0 Å². The average Bonchev–Trinajstić information content (AvgIpc) is 2.97. The number of anilines is 1. The fraction of sp³-hybridized carbons (Fsp3) is 0.545. The van der Waals surface area contributed by atoms with E-state index >= 15 is 0 Å². The van der Waals surface area contributed by atoms with Crippen LogP contribution < -0.4 is 5.73 Å². The number of fused-ring (bicyclic) bond motifs is 1. The van der Waals surface area contributed by atoms with Gasteiger partial charge < -0.3 is 10.5 Å². The molecule has 6 nitrogen and oxygen atoms in total. The smallest absolute Gasteiger partial charge is 0.179 e. The van der Waals surface area contributed by atoms with Crippen LogP contribution in [0.15, 0.2) is 12.4 Å². The first-order valence-electron chi connectivity index (χ1n) is 5.79. The van der Waals surface area contributed by atoms with Gasteiger partial charge in [0.05, 0.1) is 25.0 Å². The van der Waals surface area contributed by atoms with Crippen molar-refractivity contribution in [3.05, 3.63) is 12.4 Å². The van der Waals surface area contributed by atoms with E-state index in [0.29, 0.717) is 11.7 Å². The summed E-state index contributed by atoms with van der Waals surface area (Å²) in [5, 5.41) is 4.36. The highest BCUT2D eigenvalue weighted by molar-refractivity contribution is 5.70. The van der Waals surface area contributed by atoms with Crippen molar-refractivity contribution in [2.75, 3.05) is 18.9 Å². The molecule has 3 rings (SSSR count). The predicted octanol–water partition coefficient (Wildman–Crippen LogP) is 1.01. The zero-order valence-corrected chi connectivity index (χ0v) is 9.71. The second-order valence-electron chi connectivity index (χ2n) is 4.46. The molecule has 0 unspecified atom stereocenters. The minimum Gasteiger partial charge on any atom is -0.382 e. The van der Waals surface area contributed by atoms with Crippen LogP contribution in [0.5, 0.6) is 0 Å². The monoisotopic (exact) mass is 233 g/mol. The van der Waals surface area contributed by atoms with Crippen molar-refractivity contribution in [3.8, 4) is 0 Å². The molecule has 1 aliphatic rings. The Kier molecular flexibility index (Phi) is 2.44. The number of nitrogens with two attached hydrogens (primary N) is 1. The fourth-order valence-electron chi connectivity index (χ4n) is 2.26. The molecule has 2 aromatic heterocycles. The predicted molar refractivity (Wildman–Crippen MR) is 63.4 cm³/mol. The van der Waals surface area contributed by atoms with Crippen molar-refractivity contribution in [1.82, 2.24) is 19.7 Å². The minimum atomic E-state index is 0.256. The maximum absolute atomic E-state index is 5.67. The first-order valence-corrected chi connectivity index (χ1v) is 5.79. The Hall–Kier alpha value is -1.69. The standard InChI is InChI=1S/C11H15N5O/c1-7(8-2-3-17-6-8)16-11-9(4-14-16)13-5-10(12)15-11/h4-5,7-8H,2-3,6H2,1H3,(H2,12,15)/t7-,8-/m1/s1. The molecule has 0 bridgehead atoms. The van der Waals surface area contributed by atoms with E-state index in [1.807, 2.05) is 4.68 Å². The Bertz CT molecular complexity index is 532. The maximum atomic E-state index is 5.67. The van der Waals surface area contributed by atoms with E-state index in [0.717, 1.165) is 30.8 Å². The average molecular weight is 233 g/mol. The van der Waals surface area contributed by atoms with E-state index in [9.17, 15) is 0 Å². The molecule has 1 aliphatic heterocycles. The molecule has 2 aromatic rings. The maximum Gasteiger partial charge on any atom is 0.179 e. The van der Waals surface area contributed by atoms with E-state index < -0.39 is 0 Å². The number of hydrogen-bond donors (Lipinski definition) is 1. The Morgan fingerprint density at radius 2 is 2.41 bits per heavy atom. The molecule has 0 aromatic carbocycles. The van der Waals surface area contributed by atoms with Crippen LogP contribution in [-0.2, 0) is 4.74 Å².